The minimum atomic E-state index is -0.590. The van der Waals surface area contributed by atoms with Gasteiger partial charge in [0.2, 0.25) is 5.91 Å². The molecule has 1 unspecified atom stereocenters. The maximum atomic E-state index is 11.5. The first-order valence-corrected chi connectivity index (χ1v) is 5.27. The van der Waals surface area contributed by atoms with Gasteiger partial charge in [-0.2, -0.15) is 0 Å². The molecule has 0 aliphatic carbocycles. The molecule has 3 heteroatoms. The SMILES string of the molecule is CC(=O)N1CCCC1(N)c1ccccc1. The highest BCUT2D eigenvalue weighted by Gasteiger charge is 2.40. The quantitative estimate of drug-likeness (QED) is 0.752. The van der Waals surface area contributed by atoms with Gasteiger partial charge in [-0.25, -0.2) is 0 Å². The number of hydrogen-bond acceptors (Lipinski definition) is 2. The Balaban J connectivity index is 2.37. The summed E-state index contributed by atoms with van der Waals surface area (Å²) in [6.45, 7) is 2.34. The number of likely N-dealkylation sites (tertiary alicyclic amines) is 1. The van der Waals surface area contributed by atoms with Crippen molar-refractivity contribution in [1.29, 1.82) is 0 Å². The zero-order chi connectivity index (χ0) is 10.9. The molecule has 1 amide bonds. The summed E-state index contributed by atoms with van der Waals surface area (Å²) in [7, 11) is 0. The molecule has 1 aromatic rings. The zero-order valence-corrected chi connectivity index (χ0v) is 8.94. The lowest BCUT2D eigenvalue weighted by Gasteiger charge is -2.34. The topological polar surface area (TPSA) is 46.3 Å². The summed E-state index contributed by atoms with van der Waals surface area (Å²) >= 11 is 0. The minimum absolute atomic E-state index is 0.0545. The third-order valence-corrected chi connectivity index (χ3v) is 3.08. The minimum Gasteiger partial charge on any atom is -0.321 e. The molecule has 0 spiro atoms. The van der Waals surface area contributed by atoms with E-state index < -0.39 is 5.66 Å². The first kappa shape index (κ1) is 10.2. The van der Waals surface area contributed by atoms with Crippen molar-refractivity contribution in [1.82, 2.24) is 4.90 Å². The molecule has 1 atom stereocenters. The summed E-state index contributed by atoms with van der Waals surface area (Å²) < 4.78 is 0. The average Bonchev–Trinajstić information content (AvgIpc) is 2.63. The Morgan fingerprint density at radius 1 is 1.40 bits per heavy atom. The Kier molecular flexibility index (Phi) is 2.49. The monoisotopic (exact) mass is 204 g/mol. The number of carbonyl (C=O) groups excluding carboxylic acids is 1. The van der Waals surface area contributed by atoms with Gasteiger partial charge in [-0.1, -0.05) is 30.3 Å². The van der Waals surface area contributed by atoms with Gasteiger partial charge < -0.3 is 10.6 Å². The Morgan fingerprint density at radius 2 is 2.07 bits per heavy atom. The van der Waals surface area contributed by atoms with Crippen LogP contribution < -0.4 is 5.73 Å². The number of amides is 1. The predicted molar refractivity (Wildman–Crippen MR) is 58.9 cm³/mol. The van der Waals surface area contributed by atoms with Crippen LogP contribution in [-0.4, -0.2) is 17.4 Å². The fraction of sp³-hybridized carbons (Fsp3) is 0.417. The molecule has 0 aromatic heterocycles. The van der Waals surface area contributed by atoms with Gasteiger partial charge in [-0.05, 0) is 18.4 Å². The molecule has 1 aromatic carbocycles. The van der Waals surface area contributed by atoms with Crippen molar-refractivity contribution in [2.45, 2.75) is 25.4 Å². The van der Waals surface area contributed by atoms with E-state index in [2.05, 4.69) is 0 Å². The molecule has 0 saturated carbocycles. The largest absolute Gasteiger partial charge is 0.321 e. The molecular formula is C12H16N2O. The van der Waals surface area contributed by atoms with Crippen LogP contribution in [0.1, 0.15) is 25.3 Å². The first-order chi connectivity index (χ1) is 7.14. The second kappa shape index (κ2) is 3.66. The van der Waals surface area contributed by atoms with Crippen LogP contribution in [0.4, 0.5) is 0 Å². The molecule has 0 radical (unpaired) electrons. The smallest absolute Gasteiger partial charge is 0.221 e. The number of hydrogen-bond donors (Lipinski definition) is 1. The van der Waals surface area contributed by atoms with E-state index in [4.69, 9.17) is 5.73 Å². The first-order valence-electron chi connectivity index (χ1n) is 5.27. The molecule has 3 nitrogen and oxygen atoms in total. The predicted octanol–water partition coefficient (Wildman–Crippen LogP) is 1.44. The van der Waals surface area contributed by atoms with Crippen LogP contribution >= 0.6 is 0 Å². The van der Waals surface area contributed by atoms with Crippen molar-refractivity contribution in [2.24, 2.45) is 5.73 Å². The van der Waals surface area contributed by atoms with E-state index in [-0.39, 0.29) is 5.91 Å². The van der Waals surface area contributed by atoms with Gasteiger partial charge in [0.1, 0.15) is 5.66 Å². The lowest BCUT2D eigenvalue weighted by atomic mass is 9.97. The lowest BCUT2D eigenvalue weighted by molar-refractivity contribution is -0.133. The van der Waals surface area contributed by atoms with Gasteiger partial charge in [0, 0.05) is 13.5 Å². The number of carbonyl (C=O) groups is 1. The summed E-state index contributed by atoms with van der Waals surface area (Å²) in [6.07, 6.45) is 1.82. The fourth-order valence-corrected chi connectivity index (χ4v) is 2.31. The second-order valence-electron chi connectivity index (χ2n) is 4.06. The van der Waals surface area contributed by atoms with E-state index in [9.17, 15) is 4.79 Å². The van der Waals surface area contributed by atoms with Gasteiger partial charge in [-0.3, -0.25) is 4.79 Å². The summed E-state index contributed by atoms with van der Waals surface area (Å²) in [6, 6.07) is 9.85. The molecule has 2 rings (SSSR count). The maximum absolute atomic E-state index is 11.5. The van der Waals surface area contributed by atoms with Gasteiger partial charge in [-0.15, -0.1) is 0 Å². The number of benzene rings is 1. The summed E-state index contributed by atoms with van der Waals surface area (Å²) in [5, 5.41) is 0. The van der Waals surface area contributed by atoms with E-state index >= 15 is 0 Å². The molecule has 80 valence electrons. The summed E-state index contributed by atoms with van der Waals surface area (Å²) in [5.74, 6) is 0.0545. The number of nitrogens with two attached hydrogens (primary N) is 1. The third kappa shape index (κ3) is 1.63. The Labute approximate surface area is 89.9 Å². The highest BCUT2D eigenvalue weighted by atomic mass is 16.2. The highest BCUT2D eigenvalue weighted by molar-refractivity contribution is 5.74. The van der Waals surface area contributed by atoms with Crippen molar-refractivity contribution in [3.05, 3.63) is 35.9 Å². The second-order valence-corrected chi connectivity index (χ2v) is 4.06. The molecular weight excluding hydrogens is 188 g/mol. The normalized spacial score (nSPS) is 25.6. The summed E-state index contributed by atoms with van der Waals surface area (Å²) in [4.78, 5) is 13.2. The van der Waals surface area contributed by atoms with Crippen LogP contribution in [0, 0.1) is 0 Å². The fourth-order valence-electron chi connectivity index (χ4n) is 2.31. The van der Waals surface area contributed by atoms with E-state index in [0.717, 1.165) is 24.9 Å². The van der Waals surface area contributed by atoms with Crippen LogP contribution in [0.5, 0.6) is 0 Å². The summed E-state index contributed by atoms with van der Waals surface area (Å²) in [5.41, 5.74) is 6.77. The lowest BCUT2D eigenvalue weighted by Crippen LogP contribution is -2.50. The number of rotatable bonds is 1. The van der Waals surface area contributed by atoms with E-state index in [0.29, 0.717) is 0 Å². The standard InChI is InChI=1S/C12H16N2O/c1-10(15)14-9-5-8-12(14,13)11-6-3-2-4-7-11/h2-4,6-7H,5,8-9,13H2,1H3. The molecule has 1 aliphatic heterocycles. The van der Waals surface area contributed by atoms with Crippen LogP contribution in [0.3, 0.4) is 0 Å². The maximum Gasteiger partial charge on any atom is 0.221 e. The van der Waals surface area contributed by atoms with Crippen LogP contribution in [0.25, 0.3) is 0 Å². The van der Waals surface area contributed by atoms with Crippen molar-refractivity contribution in [3.63, 3.8) is 0 Å². The van der Waals surface area contributed by atoms with E-state index in [1.54, 1.807) is 11.8 Å². The zero-order valence-electron chi connectivity index (χ0n) is 8.94. The van der Waals surface area contributed by atoms with Crippen molar-refractivity contribution < 1.29 is 4.79 Å². The molecule has 15 heavy (non-hydrogen) atoms. The Hall–Kier alpha value is -1.35. The van der Waals surface area contributed by atoms with Crippen molar-refractivity contribution in [3.8, 4) is 0 Å². The number of nitrogens with zero attached hydrogens (tertiary/aromatic N) is 1. The molecule has 1 heterocycles. The molecule has 2 N–H and O–H groups in total. The van der Waals surface area contributed by atoms with Crippen LogP contribution in [-0.2, 0) is 10.5 Å². The Morgan fingerprint density at radius 3 is 2.67 bits per heavy atom. The molecule has 1 saturated heterocycles. The highest BCUT2D eigenvalue weighted by Crippen LogP contribution is 2.33. The van der Waals surface area contributed by atoms with Crippen molar-refractivity contribution >= 4 is 5.91 Å². The van der Waals surface area contributed by atoms with Crippen molar-refractivity contribution in [2.75, 3.05) is 6.54 Å². The average molecular weight is 204 g/mol. The van der Waals surface area contributed by atoms with E-state index in [1.165, 1.54) is 0 Å². The van der Waals surface area contributed by atoms with Gasteiger partial charge >= 0.3 is 0 Å². The molecule has 1 fully saturated rings. The third-order valence-electron chi connectivity index (χ3n) is 3.08. The van der Waals surface area contributed by atoms with Gasteiger partial charge in [0.25, 0.3) is 0 Å². The van der Waals surface area contributed by atoms with Crippen LogP contribution in [0.2, 0.25) is 0 Å². The van der Waals surface area contributed by atoms with E-state index in [1.807, 2.05) is 30.3 Å². The van der Waals surface area contributed by atoms with Crippen LogP contribution in [0.15, 0.2) is 30.3 Å². The van der Waals surface area contributed by atoms with Gasteiger partial charge in [0.15, 0.2) is 0 Å². The molecule has 1 aliphatic rings. The molecule has 0 bridgehead atoms. The van der Waals surface area contributed by atoms with Gasteiger partial charge in [0.05, 0.1) is 0 Å². The Bertz CT molecular complexity index is 363.